The van der Waals surface area contributed by atoms with E-state index in [0.717, 1.165) is 19.3 Å². The molecule has 2 heterocycles. The van der Waals surface area contributed by atoms with E-state index in [-0.39, 0.29) is 34.5 Å². The summed E-state index contributed by atoms with van der Waals surface area (Å²) in [6.07, 6.45) is 4.11. The molecule has 2 unspecified atom stereocenters. The molecule has 2 aromatic rings. The van der Waals surface area contributed by atoms with Crippen molar-refractivity contribution in [2.45, 2.75) is 50.6 Å². The van der Waals surface area contributed by atoms with Gasteiger partial charge in [-0.3, -0.25) is 14.4 Å². The summed E-state index contributed by atoms with van der Waals surface area (Å²) in [7, 11) is 0. The van der Waals surface area contributed by atoms with Gasteiger partial charge in [0.05, 0.1) is 16.6 Å². The predicted molar refractivity (Wildman–Crippen MR) is 120 cm³/mol. The van der Waals surface area contributed by atoms with Crippen LogP contribution < -0.4 is 16.0 Å². The monoisotopic (exact) mass is 473 g/mol. The van der Waals surface area contributed by atoms with E-state index in [1.807, 2.05) is 0 Å². The lowest BCUT2D eigenvalue weighted by molar-refractivity contribution is -0.128. The van der Waals surface area contributed by atoms with Crippen molar-refractivity contribution < 1.29 is 18.8 Å². The van der Waals surface area contributed by atoms with Crippen molar-refractivity contribution >= 4 is 40.2 Å². The molecule has 8 nitrogen and oxygen atoms in total. The summed E-state index contributed by atoms with van der Waals surface area (Å²) in [6, 6.07) is 4.87. The van der Waals surface area contributed by atoms with Crippen LogP contribution in [0.5, 0.6) is 0 Å². The molecule has 1 aromatic heterocycles. The molecule has 1 aliphatic heterocycles. The van der Waals surface area contributed by atoms with Crippen molar-refractivity contribution in [3.05, 3.63) is 34.7 Å². The molecule has 3 atom stereocenters. The minimum Gasteiger partial charge on any atom is -0.356 e. The molecular formula is C23H25ClFN5O3. The first-order valence-corrected chi connectivity index (χ1v) is 11.5. The molecule has 1 aromatic carbocycles. The van der Waals surface area contributed by atoms with Crippen molar-refractivity contribution in [1.82, 2.24) is 20.9 Å². The van der Waals surface area contributed by atoms with Gasteiger partial charge >= 0.3 is 0 Å². The molecule has 0 spiro atoms. The van der Waals surface area contributed by atoms with Crippen LogP contribution in [0.3, 0.4) is 0 Å². The molecule has 10 heteroatoms. The first kappa shape index (κ1) is 23.1. The third-order valence-electron chi connectivity index (χ3n) is 6.21. The number of hydrogen-bond acceptors (Lipinski definition) is 4. The van der Waals surface area contributed by atoms with Crippen molar-refractivity contribution in [3.63, 3.8) is 0 Å². The third-order valence-corrected chi connectivity index (χ3v) is 6.50. The maximum atomic E-state index is 14.2. The lowest BCUT2D eigenvalue weighted by Crippen LogP contribution is -2.50. The van der Waals surface area contributed by atoms with Crippen LogP contribution in [0, 0.1) is 29.0 Å². The van der Waals surface area contributed by atoms with Crippen LogP contribution in [0.2, 0.25) is 5.02 Å². The summed E-state index contributed by atoms with van der Waals surface area (Å²) in [5.41, 5.74) is 0.224. The van der Waals surface area contributed by atoms with Crippen LogP contribution in [0.4, 0.5) is 4.39 Å². The fourth-order valence-electron chi connectivity index (χ4n) is 4.18. The fourth-order valence-corrected chi connectivity index (χ4v) is 4.33. The number of rotatable bonds is 8. The zero-order valence-electron chi connectivity index (χ0n) is 17.9. The van der Waals surface area contributed by atoms with E-state index in [4.69, 9.17) is 11.6 Å². The Kier molecular flexibility index (Phi) is 6.84. The largest absolute Gasteiger partial charge is 0.356 e. The zero-order valence-corrected chi connectivity index (χ0v) is 18.7. The second-order valence-electron chi connectivity index (χ2n) is 8.77. The Morgan fingerprint density at radius 3 is 2.73 bits per heavy atom. The number of aromatic amines is 1. The summed E-state index contributed by atoms with van der Waals surface area (Å²) in [5.74, 6) is -1.78. The first-order chi connectivity index (χ1) is 15.9. The molecule has 1 saturated heterocycles. The molecule has 2 fully saturated rings. The highest BCUT2D eigenvalue weighted by atomic mass is 35.5. The van der Waals surface area contributed by atoms with Crippen molar-refractivity contribution in [3.8, 4) is 6.07 Å². The average molecular weight is 474 g/mol. The van der Waals surface area contributed by atoms with E-state index in [1.54, 1.807) is 6.07 Å². The molecule has 4 rings (SSSR count). The van der Waals surface area contributed by atoms with Gasteiger partial charge in [-0.1, -0.05) is 30.5 Å². The minimum absolute atomic E-state index is 0.0588. The highest BCUT2D eigenvalue weighted by molar-refractivity contribution is 6.31. The van der Waals surface area contributed by atoms with Gasteiger partial charge in [-0.25, -0.2) is 4.39 Å². The number of amides is 3. The number of benzene rings is 1. The normalized spacial score (nSPS) is 19.9. The van der Waals surface area contributed by atoms with E-state index in [0.29, 0.717) is 30.7 Å². The Balaban J connectivity index is 1.44. The lowest BCUT2D eigenvalue weighted by atomic mass is 9.92. The summed E-state index contributed by atoms with van der Waals surface area (Å²) in [5, 5.41) is 18.1. The highest BCUT2D eigenvalue weighted by Gasteiger charge is 2.33. The first-order valence-electron chi connectivity index (χ1n) is 11.1. The molecule has 0 radical (unpaired) electrons. The zero-order chi connectivity index (χ0) is 23.5. The second-order valence-corrected chi connectivity index (χ2v) is 9.18. The number of H-pyrrole nitrogens is 1. The molecule has 0 bridgehead atoms. The summed E-state index contributed by atoms with van der Waals surface area (Å²) >= 11 is 5.81. The maximum absolute atomic E-state index is 14.2. The quantitative estimate of drug-likeness (QED) is 0.470. The van der Waals surface area contributed by atoms with Crippen molar-refractivity contribution in [2.24, 2.45) is 11.8 Å². The molecular weight excluding hydrogens is 449 g/mol. The summed E-state index contributed by atoms with van der Waals surface area (Å²) in [6.45, 7) is 0.623. The van der Waals surface area contributed by atoms with Gasteiger partial charge in [0.2, 0.25) is 11.8 Å². The van der Waals surface area contributed by atoms with Crippen LogP contribution in [0.25, 0.3) is 10.9 Å². The number of nitrogens with zero attached hydrogens (tertiary/aromatic N) is 1. The van der Waals surface area contributed by atoms with Crippen molar-refractivity contribution in [2.75, 3.05) is 6.54 Å². The number of carbonyl (C=O) groups is 3. The van der Waals surface area contributed by atoms with Crippen molar-refractivity contribution in [1.29, 1.82) is 5.26 Å². The van der Waals surface area contributed by atoms with E-state index in [1.165, 1.54) is 12.1 Å². The number of carbonyl (C=O) groups excluding carboxylic acids is 3. The molecule has 3 amide bonds. The minimum atomic E-state index is -0.846. The van der Waals surface area contributed by atoms with E-state index < -0.39 is 29.7 Å². The Bertz CT molecular complexity index is 1120. The van der Waals surface area contributed by atoms with Gasteiger partial charge in [0.1, 0.15) is 17.8 Å². The van der Waals surface area contributed by atoms with E-state index >= 15 is 0 Å². The smallest absolute Gasteiger partial charge is 0.268 e. The van der Waals surface area contributed by atoms with Crippen LogP contribution in [-0.2, 0) is 9.59 Å². The van der Waals surface area contributed by atoms with Crippen LogP contribution in [0.1, 0.15) is 49.0 Å². The standard InChI is InChI=1S/C23H25ClFN5O3/c24-16-6-5-13-10-18(29-20(13)19(16)25)23(33)30-17(8-12-3-4-12)22(32)28-15(11-26)9-14-2-1-7-27-21(14)31/h5-6,10,12,14-15,17,29H,1-4,7-9H2,(H,27,31)(H,28,32)(H,30,33)/t14-,15?,17?/m0/s1. The number of nitrogens with one attached hydrogen (secondary N) is 4. The van der Waals surface area contributed by atoms with Gasteiger partial charge in [-0.05, 0) is 43.7 Å². The number of nitriles is 1. The van der Waals surface area contributed by atoms with Gasteiger partial charge < -0.3 is 20.9 Å². The lowest BCUT2D eigenvalue weighted by Gasteiger charge is -2.25. The Morgan fingerprint density at radius 1 is 1.24 bits per heavy atom. The van der Waals surface area contributed by atoms with E-state index in [2.05, 4.69) is 27.0 Å². The van der Waals surface area contributed by atoms with Crippen LogP contribution >= 0.6 is 11.6 Å². The Hall–Kier alpha value is -3.12. The van der Waals surface area contributed by atoms with Crippen LogP contribution in [0.15, 0.2) is 18.2 Å². The number of fused-ring (bicyclic) bond motifs is 1. The Labute approximate surface area is 195 Å². The van der Waals surface area contributed by atoms with E-state index in [9.17, 15) is 24.0 Å². The molecule has 4 N–H and O–H groups in total. The third kappa shape index (κ3) is 5.45. The maximum Gasteiger partial charge on any atom is 0.268 e. The number of piperidine rings is 1. The van der Waals surface area contributed by atoms with Gasteiger partial charge in [-0.15, -0.1) is 0 Å². The topological polar surface area (TPSA) is 127 Å². The fraction of sp³-hybridized carbons (Fsp3) is 0.478. The summed E-state index contributed by atoms with van der Waals surface area (Å²) < 4.78 is 14.2. The molecule has 1 saturated carbocycles. The molecule has 174 valence electrons. The molecule has 2 aliphatic rings. The Morgan fingerprint density at radius 2 is 2.03 bits per heavy atom. The van der Waals surface area contributed by atoms with Crippen LogP contribution in [-0.4, -0.2) is 41.3 Å². The second kappa shape index (κ2) is 9.79. The van der Waals surface area contributed by atoms with Gasteiger partial charge in [-0.2, -0.15) is 5.26 Å². The molecule has 1 aliphatic carbocycles. The average Bonchev–Trinajstić information content (AvgIpc) is 3.51. The summed E-state index contributed by atoms with van der Waals surface area (Å²) in [4.78, 5) is 40.6. The number of halogens is 2. The van der Waals surface area contributed by atoms with Gasteiger partial charge in [0.25, 0.3) is 5.91 Å². The molecule has 33 heavy (non-hydrogen) atoms. The number of hydrogen-bond donors (Lipinski definition) is 4. The van der Waals surface area contributed by atoms with Gasteiger partial charge in [0.15, 0.2) is 5.82 Å². The SMILES string of the molecule is N#CC(C[C@@H]1CCCNC1=O)NC(=O)C(CC1CC1)NC(=O)c1cc2ccc(Cl)c(F)c2[nH]1. The number of aromatic nitrogens is 1. The van der Waals surface area contributed by atoms with Gasteiger partial charge in [0, 0.05) is 17.8 Å². The predicted octanol–water partition coefficient (Wildman–Crippen LogP) is 2.78. The highest BCUT2D eigenvalue weighted by Crippen LogP contribution is 2.34.